The fourth-order valence-corrected chi connectivity index (χ4v) is 1.93. The Bertz CT molecular complexity index is 571. The Morgan fingerprint density at radius 3 is 2.81 bits per heavy atom. The average Bonchev–Trinajstić information content (AvgIpc) is 2.93. The van der Waals surface area contributed by atoms with Gasteiger partial charge in [-0.15, -0.1) is 4.68 Å². The minimum Gasteiger partial charge on any atom is -0.494 e. The van der Waals surface area contributed by atoms with Crippen molar-refractivity contribution in [2.24, 2.45) is 0 Å². The molecule has 0 N–H and O–H groups in total. The Hall–Kier alpha value is -2.41. The van der Waals surface area contributed by atoms with E-state index >= 15 is 0 Å². The lowest BCUT2D eigenvalue weighted by Crippen LogP contribution is -2.25. The molecule has 0 fully saturated rings. The first-order valence-corrected chi connectivity index (χ1v) is 6.69. The van der Waals surface area contributed by atoms with E-state index in [1.54, 1.807) is 0 Å². The van der Waals surface area contributed by atoms with Crippen molar-refractivity contribution in [1.29, 1.82) is 0 Å². The Kier molecular flexibility index (Phi) is 5.28. The third kappa shape index (κ3) is 4.57. The Morgan fingerprint density at radius 2 is 2.10 bits per heavy atom. The minimum atomic E-state index is -0.431. The molecule has 112 valence electrons. The number of benzene rings is 1. The van der Waals surface area contributed by atoms with Gasteiger partial charge in [0.2, 0.25) is 0 Å². The molecular weight excluding hydrogens is 272 g/mol. The fraction of sp³-hybridized carbons (Fsp3) is 0.357. The van der Waals surface area contributed by atoms with Gasteiger partial charge in [-0.25, -0.2) is 0 Å². The van der Waals surface area contributed by atoms with E-state index in [4.69, 9.17) is 4.74 Å². The first-order chi connectivity index (χ1) is 10.2. The molecule has 0 unspecified atom stereocenters. The van der Waals surface area contributed by atoms with Crippen molar-refractivity contribution in [2.75, 3.05) is 20.2 Å². The molecule has 0 bridgehead atoms. The summed E-state index contributed by atoms with van der Waals surface area (Å²) < 4.78 is 6.97. The number of hydrogen-bond donors (Lipinski definition) is 0. The molecule has 0 amide bonds. The van der Waals surface area contributed by atoms with Crippen LogP contribution in [0.4, 0.5) is 5.82 Å². The van der Waals surface area contributed by atoms with Crippen molar-refractivity contribution in [3.63, 3.8) is 0 Å². The second-order valence-corrected chi connectivity index (χ2v) is 4.68. The molecule has 1 aromatic heterocycles. The SMILES string of the molecule is CN(CCCOc1ccccc1)Cn1nccc1[N+](=O)[O-]. The van der Waals surface area contributed by atoms with Gasteiger partial charge in [0.25, 0.3) is 0 Å². The molecule has 1 aromatic carbocycles. The summed E-state index contributed by atoms with van der Waals surface area (Å²) in [6.07, 6.45) is 2.27. The summed E-state index contributed by atoms with van der Waals surface area (Å²) in [5.41, 5.74) is 0. The van der Waals surface area contributed by atoms with Gasteiger partial charge in [-0.3, -0.25) is 4.90 Å². The van der Waals surface area contributed by atoms with Crippen LogP contribution in [0.15, 0.2) is 42.6 Å². The summed E-state index contributed by atoms with van der Waals surface area (Å²) in [5.74, 6) is 0.852. The number of hydrogen-bond acceptors (Lipinski definition) is 5. The highest BCUT2D eigenvalue weighted by molar-refractivity contribution is 5.20. The van der Waals surface area contributed by atoms with E-state index < -0.39 is 4.92 Å². The molecular formula is C14H18N4O3. The summed E-state index contributed by atoms with van der Waals surface area (Å²) in [7, 11) is 1.90. The zero-order valence-electron chi connectivity index (χ0n) is 11.9. The van der Waals surface area contributed by atoms with E-state index in [1.807, 2.05) is 42.3 Å². The summed E-state index contributed by atoms with van der Waals surface area (Å²) in [6.45, 7) is 1.76. The third-order valence-corrected chi connectivity index (χ3v) is 2.95. The molecule has 0 aliphatic carbocycles. The second-order valence-electron chi connectivity index (χ2n) is 4.68. The highest BCUT2D eigenvalue weighted by Gasteiger charge is 2.14. The van der Waals surface area contributed by atoms with Crippen molar-refractivity contribution >= 4 is 5.82 Å². The Balaban J connectivity index is 1.71. The van der Waals surface area contributed by atoms with Crippen LogP contribution in [0.25, 0.3) is 0 Å². The lowest BCUT2D eigenvalue weighted by atomic mass is 10.3. The van der Waals surface area contributed by atoms with Gasteiger partial charge in [0.15, 0.2) is 6.67 Å². The molecule has 0 aliphatic heterocycles. The average molecular weight is 290 g/mol. The predicted molar refractivity (Wildman–Crippen MR) is 78.1 cm³/mol. The molecule has 0 saturated carbocycles. The Morgan fingerprint density at radius 1 is 1.33 bits per heavy atom. The summed E-state index contributed by atoms with van der Waals surface area (Å²) in [6, 6.07) is 11.0. The lowest BCUT2D eigenvalue weighted by molar-refractivity contribution is -0.393. The molecule has 7 nitrogen and oxygen atoms in total. The smallest absolute Gasteiger partial charge is 0.346 e. The molecule has 0 spiro atoms. The molecule has 0 radical (unpaired) electrons. The standard InChI is InChI=1S/C14H18N4O3/c1-16(12-17-14(18(19)20)8-9-15-17)10-5-11-21-13-6-3-2-4-7-13/h2-4,6-9H,5,10-12H2,1H3. The molecule has 2 rings (SSSR count). The maximum absolute atomic E-state index is 10.8. The van der Waals surface area contributed by atoms with Crippen LogP contribution >= 0.6 is 0 Å². The van der Waals surface area contributed by atoms with Crippen LogP contribution in [0.3, 0.4) is 0 Å². The van der Waals surface area contributed by atoms with E-state index in [9.17, 15) is 10.1 Å². The van der Waals surface area contributed by atoms with E-state index in [1.165, 1.54) is 16.9 Å². The highest BCUT2D eigenvalue weighted by atomic mass is 16.6. The normalized spacial score (nSPS) is 10.8. The molecule has 21 heavy (non-hydrogen) atoms. The maximum atomic E-state index is 10.8. The van der Waals surface area contributed by atoms with Gasteiger partial charge in [-0.2, -0.15) is 0 Å². The molecule has 0 saturated heterocycles. The summed E-state index contributed by atoms with van der Waals surface area (Å²) in [4.78, 5) is 12.3. The Labute approximate surface area is 122 Å². The van der Waals surface area contributed by atoms with Crippen LogP contribution in [-0.4, -0.2) is 39.8 Å². The largest absolute Gasteiger partial charge is 0.494 e. The number of para-hydroxylation sites is 1. The van der Waals surface area contributed by atoms with E-state index in [0.29, 0.717) is 13.3 Å². The number of rotatable bonds is 8. The number of aromatic nitrogens is 2. The topological polar surface area (TPSA) is 73.4 Å². The molecule has 2 aromatic rings. The number of ether oxygens (including phenoxy) is 1. The van der Waals surface area contributed by atoms with E-state index in [0.717, 1.165) is 18.7 Å². The van der Waals surface area contributed by atoms with Gasteiger partial charge in [0, 0.05) is 6.54 Å². The van der Waals surface area contributed by atoms with Gasteiger partial charge in [0.1, 0.15) is 5.75 Å². The van der Waals surface area contributed by atoms with Crippen LogP contribution in [-0.2, 0) is 6.67 Å². The molecule has 0 atom stereocenters. The number of nitro groups is 1. The first kappa shape index (κ1) is 15.0. The lowest BCUT2D eigenvalue weighted by Gasteiger charge is -2.14. The molecule has 0 aliphatic rings. The summed E-state index contributed by atoms with van der Waals surface area (Å²) in [5, 5.41) is 14.7. The van der Waals surface area contributed by atoms with Crippen molar-refractivity contribution in [3.8, 4) is 5.75 Å². The van der Waals surface area contributed by atoms with Crippen molar-refractivity contribution in [3.05, 3.63) is 52.7 Å². The predicted octanol–water partition coefficient (Wildman–Crippen LogP) is 2.15. The van der Waals surface area contributed by atoms with Crippen LogP contribution in [0.5, 0.6) is 5.75 Å². The van der Waals surface area contributed by atoms with Gasteiger partial charge in [-0.1, -0.05) is 23.3 Å². The summed E-state index contributed by atoms with van der Waals surface area (Å²) >= 11 is 0. The zero-order valence-corrected chi connectivity index (χ0v) is 11.9. The van der Waals surface area contributed by atoms with Crippen molar-refractivity contribution in [1.82, 2.24) is 14.7 Å². The minimum absolute atomic E-state index is 0.00221. The van der Waals surface area contributed by atoms with Crippen LogP contribution in [0, 0.1) is 10.1 Å². The van der Waals surface area contributed by atoms with E-state index in [-0.39, 0.29) is 5.82 Å². The second kappa shape index (κ2) is 7.39. The molecule has 1 heterocycles. The van der Waals surface area contributed by atoms with E-state index in [2.05, 4.69) is 5.10 Å². The molecule has 7 heteroatoms. The fourth-order valence-electron chi connectivity index (χ4n) is 1.93. The maximum Gasteiger partial charge on any atom is 0.346 e. The highest BCUT2D eigenvalue weighted by Crippen LogP contribution is 2.10. The first-order valence-electron chi connectivity index (χ1n) is 6.69. The zero-order chi connectivity index (χ0) is 15.1. The van der Waals surface area contributed by atoms with Crippen molar-refractivity contribution < 1.29 is 9.66 Å². The quantitative estimate of drug-likeness (QED) is 0.423. The third-order valence-electron chi connectivity index (χ3n) is 2.95. The number of nitrogens with zero attached hydrogens (tertiary/aromatic N) is 4. The van der Waals surface area contributed by atoms with Gasteiger partial charge < -0.3 is 14.9 Å². The van der Waals surface area contributed by atoms with Gasteiger partial charge >= 0.3 is 5.82 Å². The van der Waals surface area contributed by atoms with Crippen LogP contribution in [0.1, 0.15) is 6.42 Å². The van der Waals surface area contributed by atoms with Gasteiger partial charge in [0.05, 0.1) is 18.9 Å². The monoisotopic (exact) mass is 290 g/mol. The van der Waals surface area contributed by atoms with Gasteiger partial charge in [-0.05, 0) is 30.5 Å². The van der Waals surface area contributed by atoms with Crippen molar-refractivity contribution in [2.45, 2.75) is 13.1 Å². The van der Waals surface area contributed by atoms with Crippen LogP contribution in [0.2, 0.25) is 0 Å². The van der Waals surface area contributed by atoms with Crippen LogP contribution < -0.4 is 4.74 Å².